The summed E-state index contributed by atoms with van der Waals surface area (Å²) in [4.78, 5) is 1.24. The van der Waals surface area contributed by atoms with Gasteiger partial charge in [0.1, 0.15) is 6.33 Å². The Bertz CT molecular complexity index is 264. The van der Waals surface area contributed by atoms with Gasteiger partial charge < -0.3 is 4.57 Å². The summed E-state index contributed by atoms with van der Waals surface area (Å²) in [5.74, 6) is 0. The fourth-order valence-corrected chi connectivity index (χ4v) is 1.25. The van der Waals surface area contributed by atoms with Crippen LogP contribution in [0.4, 0.5) is 0 Å². The van der Waals surface area contributed by atoms with Crippen LogP contribution in [0.1, 0.15) is 13.8 Å². The lowest BCUT2D eigenvalue weighted by atomic mass is 10.6. The van der Waals surface area contributed by atoms with Gasteiger partial charge in [0.25, 0.3) is 0 Å². The van der Waals surface area contributed by atoms with Gasteiger partial charge in [-0.1, -0.05) is 17.8 Å². The molecule has 1 aromatic rings. The van der Waals surface area contributed by atoms with Crippen molar-refractivity contribution in [2.24, 2.45) is 7.05 Å². The Kier molecular flexibility index (Phi) is 2.70. The molecule has 60 valence electrons. The second-order valence-electron chi connectivity index (χ2n) is 2.23. The Morgan fingerprint density at radius 3 is 2.91 bits per heavy atom. The minimum atomic E-state index is 0.931. The van der Waals surface area contributed by atoms with E-state index < -0.39 is 0 Å². The average molecular weight is 169 g/mol. The average Bonchev–Trinajstić information content (AvgIpc) is 2.37. The zero-order valence-corrected chi connectivity index (χ0v) is 7.72. The Morgan fingerprint density at radius 2 is 2.45 bits per heavy atom. The van der Waals surface area contributed by atoms with Crippen LogP contribution in [0, 0.1) is 0 Å². The van der Waals surface area contributed by atoms with Crippen molar-refractivity contribution in [3.05, 3.63) is 17.3 Å². The molecule has 0 radical (unpaired) electrons. The highest BCUT2D eigenvalue weighted by Crippen LogP contribution is 2.22. The Balaban J connectivity index is 2.72. The van der Waals surface area contributed by atoms with Crippen molar-refractivity contribution in [3.8, 4) is 0 Å². The maximum Gasteiger partial charge on any atom is 0.195 e. The maximum atomic E-state index is 3.94. The highest BCUT2D eigenvalue weighted by atomic mass is 32.2. The van der Waals surface area contributed by atoms with E-state index in [1.54, 1.807) is 18.1 Å². The van der Waals surface area contributed by atoms with Crippen LogP contribution in [0.2, 0.25) is 0 Å². The van der Waals surface area contributed by atoms with E-state index in [0.717, 1.165) is 5.16 Å². The van der Waals surface area contributed by atoms with Crippen molar-refractivity contribution in [1.29, 1.82) is 0 Å². The van der Waals surface area contributed by atoms with E-state index >= 15 is 0 Å². The molecular weight excluding hydrogens is 158 g/mol. The zero-order chi connectivity index (χ0) is 8.27. The lowest BCUT2D eigenvalue weighted by Gasteiger charge is -1.97. The first-order chi connectivity index (χ1) is 5.24. The molecular formula is C7H11N3S. The minimum Gasteiger partial charge on any atom is -0.312 e. The number of allylic oxidation sites excluding steroid dienone is 2. The summed E-state index contributed by atoms with van der Waals surface area (Å²) in [5, 5.41) is 8.64. The smallest absolute Gasteiger partial charge is 0.195 e. The van der Waals surface area contributed by atoms with Crippen molar-refractivity contribution in [2.45, 2.75) is 19.0 Å². The molecule has 1 rings (SSSR count). The minimum absolute atomic E-state index is 0.931. The first kappa shape index (κ1) is 8.33. The van der Waals surface area contributed by atoms with Crippen LogP contribution in [0.5, 0.6) is 0 Å². The van der Waals surface area contributed by atoms with E-state index in [9.17, 15) is 0 Å². The molecule has 0 aliphatic heterocycles. The fraction of sp³-hybridized carbons (Fsp3) is 0.429. The summed E-state index contributed by atoms with van der Waals surface area (Å²) in [6, 6.07) is 0. The van der Waals surface area contributed by atoms with Gasteiger partial charge in [-0.3, -0.25) is 0 Å². The van der Waals surface area contributed by atoms with E-state index in [2.05, 4.69) is 23.2 Å². The molecule has 0 aromatic carbocycles. The molecule has 4 heteroatoms. The van der Waals surface area contributed by atoms with Gasteiger partial charge in [-0.2, -0.15) is 0 Å². The van der Waals surface area contributed by atoms with E-state index in [1.807, 2.05) is 18.5 Å². The molecule has 0 amide bonds. The van der Waals surface area contributed by atoms with E-state index in [4.69, 9.17) is 0 Å². The van der Waals surface area contributed by atoms with Crippen molar-refractivity contribution in [2.75, 3.05) is 0 Å². The summed E-state index contributed by atoms with van der Waals surface area (Å²) in [5.41, 5.74) is 0. The first-order valence-corrected chi connectivity index (χ1v) is 4.20. The van der Waals surface area contributed by atoms with E-state index in [0.29, 0.717) is 0 Å². The van der Waals surface area contributed by atoms with Gasteiger partial charge in [0.05, 0.1) is 0 Å². The highest BCUT2D eigenvalue weighted by molar-refractivity contribution is 8.02. The molecule has 0 saturated heterocycles. The van der Waals surface area contributed by atoms with Crippen LogP contribution in [-0.2, 0) is 7.05 Å². The number of hydrogen-bond donors (Lipinski definition) is 0. The lowest BCUT2D eigenvalue weighted by molar-refractivity contribution is 0.790. The van der Waals surface area contributed by atoms with Crippen LogP contribution in [0.25, 0.3) is 0 Å². The van der Waals surface area contributed by atoms with Crippen molar-refractivity contribution in [1.82, 2.24) is 14.8 Å². The van der Waals surface area contributed by atoms with Gasteiger partial charge >= 0.3 is 0 Å². The van der Waals surface area contributed by atoms with Gasteiger partial charge in [0, 0.05) is 7.05 Å². The molecule has 0 aliphatic carbocycles. The molecule has 3 nitrogen and oxygen atoms in total. The highest BCUT2D eigenvalue weighted by Gasteiger charge is 2.00. The van der Waals surface area contributed by atoms with Crippen LogP contribution >= 0.6 is 11.8 Å². The van der Waals surface area contributed by atoms with Crippen LogP contribution in [-0.4, -0.2) is 14.8 Å². The molecule has 0 N–H and O–H groups in total. The fourth-order valence-electron chi connectivity index (χ4n) is 0.568. The molecule has 0 saturated carbocycles. The standard InChI is InChI=1S/C7H11N3S/c1-4-6(2)11-7-9-8-5-10(7)3/h4-5H,1-3H3. The SMILES string of the molecule is CC=C(C)Sc1nncn1C. The van der Waals surface area contributed by atoms with Gasteiger partial charge in [-0.15, -0.1) is 10.2 Å². The van der Waals surface area contributed by atoms with Gasteiger partial charge in [-0.05, 0) is 18.8 Å². The summed E-state index contributed by atoms with van der Waals surface area (Å²) in [7, 11) is 1.94. The third kappa shape index (κ3) is 2.08. The summed E-state index contributed by atoms with van der Waals surface area (Å²) >= 11 is 1.63. The van der Waals surface area contributed by atoms with Crippen molar-refractivity contribution < 1.29 is 0 Å². The quantitative estimate of drug-likeness (QED) is 0.633. The molecule has 1 heterocycles. The lowest BCUT2D eigenvalue weighted by Crippen LogP contribution is -1.87. The maximum absolute atomic E-state index is 3.94. The van der Waals surface area contributed by atoms with Crippen LogP contribution < -0.4 is 0 Å². The second kappa shape index (κ2) is 3.57. The number of thioether (sulfide) groups is 1. The molecule has 0 atom stereocenters. The first-order valence-electron chi connectivity index (χ1n) is 3.39. The Morgan fingerprint density at radius 1 is 1.73 bits per heavy atom. The van der Waals surface area contributed by atoms with Crippen LogP contribution in [0.3, 0.4) is 0 Å². The molecule has 1 aromatic heterocycles. The summed E-state index contributed by atoms with van der Waals surface area (Å²) < 4.78 is 1.90. The van der Waals surface area contributed by atoms with Gasteiger partial charge in [0.2, 0.25) is 0 Å². The monoisotopic (exact) mass is 169 g/mol. The van der Waals surface area contributed by atoms with Crippen LogP contribution in [0.15, 0.2) is 22.5 Å². The molecule has 0 unspecified atom stereocenters. The zero-order valence-electron chi connectivity index (χ0n) is 6.90. The molecule has 0 fully saturated rings. The third-order valence-electron chi connectivity index (χ3n) is 1.33. The second-order valence-corrected chi connectivity index (χ2v) is 3.44. The van der Waals surface area contributed by atoms with Crippen molar-refractivity contribution >= 4 is 11.8 Å². The number of hydrogen-bond acceptors (Lipinski definition) is 3. The molecule has 0 bridgehead atoms. The number of nitrogens with zero attached hydrogens (tertiary/aromatic N) is 3. The van der Waals surface area contributed by atoms with Gasteiger partial charge in [-0.25, -0.2) is 0 Å². The predicted octanol–water partition coefficient (Wildman–Crippen LogP) is 1.83. The number of aryl methyl sites for hydroxylation is 1. The molecule has 0 spiro atoms. The summed E-state index contributed by atoms with van der Waals surface area (Å²) in [6.07, 6.45) is 3.75. The van der Waals surface area contributed by atoms with E-state index in [1.165, 1.54) is 4.91 Å². The molecule has 0 aliphatic rings. The largest absolute Gasteiger partial charge is 0.312 e. The van der Waals surface area contributed by atoms with E-state index in [-0.39, 0.29) is 0 Å². The normalized spacial score (nSPS) is 12.1. The Labute approximate surface area is 70.5 Å². The predicted molar refractivity (Wildman–Crippen MR) is 46.3 cm³/mol. The molecule has 11 heavy (non-hydrogen) atoms. The Hall–Kier alpha value is -0.770. The third-order valence-corrected chi connectivity index (χ3v) is 2.44. The topological polar surface area (TPSA) is 30.7 Å². The number of aromatic nitrogens is 3. The van der Waals surface area contributed by atoms with Crippen molar-refractivity contribution in [3.63, 3.8) is 0 Å². The number of rotatable bonds is 2. The summed E-state index contributed by atoms with van der Waals surface area (Å²) in [6.45, 7) is 4.07. The van der Waals surface area contributed by atoms with Gasteiger partial charge in [0.15, 0.2) is 5.16 Å².